The van der Waals surface area contributed by atoms with Gasteiger partial charge >= 0.3 is 0 Å². The van der Waals surface area contributed by atoms with Gasteiger partial charge in [0.15, 0.2) is 0 Å². The molecule has 2 rings (SSSR count). The minimum Gasteiger partial charge on any atom is -0.319 e. The first kappa shape index (κ1) is 13.3. The Morgan fingerprint density at radius 3 is 2.72 bits per heavy atom. The van der Waals surface area contributed by atoms with Crippen LogP contribution >= 0.6 is 0 Å². The molecule has 1 N–H and O–H groups in total. The van der Waals surface area contributed by atoms with Gasteiger partial charge in [0.2, 0.25) is 0 Å². The van der Waals surface area contributed by atoms with Crippen LogP contribution in [-0.2, 0) is 6.54 Å². The standard InChI is InChI=1S/C14H23N3O/c1-15-12-13-5-8-16(9-6-13)10-11-17-7-3-2-4-14(17)18/h2-4,7,13,15H,5-6,8-12H2,1H3. The van der Waals surface area contributed by atoms with Gasteiger partial charge in [0.1, 0.15) is 0 Å². The molecular formula is C14H23N3O. The molecule has 100 valence electrons. The highest BCUT2D eigenvalue weighted by atomic mass is 16.1. The Morgan fingerprint density at radius 2 is 2.06 bits per heavy atom. The molecule has 4 nitrogen and oxygen atoms in total. The largest absolute Gasteiger partial charge is 0.319 e. The third-order valence-corrected chi connectivity index (χ3v) is 3.76. The minimum absolute atomic E-state index is 0.0996. The van der Waals surface area contributed by atoms with E-state index in [0.717, 1.165) is 38.6 Å². The average Bonchev–Trinajstić information content (AvgIpc) is 2.40. The van der Waals surface area contributed by atoms with E-state index in [1.165, 1.54) is 12.8 Å². The van der Waals surface area contributed by atoms with Crippen molar-refractivity contribution in [3.63, 3.8) is 0 Å². The summed E-state index contributed by atoms with van der Waals surface area (Å²) in [5.74, 6) is 0.825. The van der Waals surface area contributed by atoms with Crippen LogP contribution in [0.15, 0.2) is 29.2 Å². The van der Waals surface area contributed by atoms with E-state index in [2.05, 4.69) is 10.2 Å². The molecule has 1 aliphatic rings. The topological polar surface area (TPSA) is 37.3 Å². The lowest BCUT2D eigenvalue weighted by molar-refractivity contribution is 0.177. The fourth-order valence-corrected chi connectivity index (χ4v) is 2.60. The van der Waals surface area contributed by atoms with E-state index in [0.29, 0.717) is 0 Å². The summed E-state index contributed by atoms with van der Waals surface area (Å²) in [5.41, 5.74) is 0.0996. The number of pyridine rings is 1. The van der Waals surface area contributed by atoms with Crippen LogP contribution in [0.4, 0.5) is 0 Å². The number of hydrogen-bond acceptors (Lipinski definition) is 3. The van der Waals surface area contributed by atoms with Crippen molar-refractivity contribution in [3.8, 4) is 0 Å². The van der Waals surface area contributed by atoms with Crippen molar-refractivity contribution >= 4 is 0 Å². The maximum absolute atomic E-state index is 11.6. The van der Waals surface area contributed by atoms with Crippen molar-refractivity contribution in [2.45, 2.75) is 19.4 Å². The number of nitrogens with zero attached hydrogens (tertiary/aromatic N) is 2. The van der Waals surface area contributed by atoms with Crippen LogP contribution in [0, 0.1) is 5.92 Å². The zero-order valence-electron chi connectivity index (χ0n) is 11.1. The molecule has 0 atom stereocenters. The summed E-state index contributed by atoms with van der Waals surface area (Å²) >= 11 is 0. The molecule has 0 amide bonds. The van der Waals surface area contributed by atoms with Crippen LogP contribution < -0.4 is 10.9 Å². The summed E-state index contributed by atoms with van der Waals surface area (Å²) in [5, 5.41) is 3.25. The van der Waals surface area contributed by atoms with Gasteiger partial charge < -0.3 is 14.8 Å². The van der Waals surface area contributed by atoms with E-state index in [9.17, 15) is 4.79 Å². The van der Waals surface area contributed by atoms with Gasteiger partial charge in [-0.2, -0.15) is 0 Å². The maximum atomic E-state index is 11.6. The summed E-state index contributed by atoms with van der Waals surface area (Å²) in [6.45, 7) is 5.24. The Morgan fingerprint density at radius 1 is 1.28 bits per heavy atom. The zero-order chi connectivity index (χ0) is 12.8. The zero-order valence-corrected chi connectivity index (χ0v) is 11.1. The predicted molar refractivity (Wildman–Crippen MR) is 73.8 cm³/mol. The molecule has 1 aromatic rings. The first-order valence-corrected chi connectivity index (χ1v) is 6.82. The van der Waals surface area contributed by atoms with Crippen molar-refractivity contribution < 1.29 is 0 Å². The predicted octanol–water partition coefficient (Wildman–Crippen LogP) is 0.780. The van der Waals surface area contributed by atoms with E-state index in [4.69, 9.17) is 0 Å². The number of likely N-dealkylation sites (tertiary alicyclic amines) is 1. The second kappa shape index (κ2) is 6.71. The molecule has 0 saturated carbocycles. The van der Waals surface area contributed by atoms with Crippen molar-refractivity contribution in [2.24, 2.45) is 5.92 Å². The molecule has 0 aliphatic carbocycles. The second-order valence-electron chi connectivity index (χ2n) is 5.07. The van der Waals surface area contributed by atoms with Gasteiger partial charge in [0, 0.05) is 25.4 Å². The first-order valence-electron chi connectivity index (χ1n) is 6.82. The van der Waals surface area contributed by atoms with Crippen LogP contribution in [-0.4, -0.2) is 42.7 Å². The Kier molecular flexibility index (Phi) is 4.96. The number of aromatic nitrogens is 1. The third kappa shape index (κ3) is 3.68. The van der Waals surface area contributed by atoms with E-state index in [1.54, 1.807) is 16.7 Å². The van der Waals surface area contributed by atoms with Crippen LogP contribution in [0.25, 0.3) is 0 Å². The number of piperidine rings is 1. The Hall–Kier alpha value is -1.13. The molecule has 1 aromatic heterocycles. The molecule has 0 bridgehead atoms. The molecule has 0 radical (unpaired) electrons. The van der Waals surface area contributed by atoms with Gasteiger partial charge in [-0.3, -0.25) is 4.79 Å². The van der Waals surface area contributed by atoms with Crippen molar-refractivity contribution in [3.05, 3.63) is 34.7 Å². The van der Waals surface area contributed by atoms with Crippen molar-refractivity contribution in [1.82, 2.24) is 14.8 Å². The van der Waals surface area contributed by atoms with Crippen LogP contribution in [0.2, 0.25) is 0 Å². The normalized spacial score (nSPS) is 18.1. The van der Waals surface area contributed by atoms with Crippen LogP contribution in [0.1, 0.15) is 12.8 Å². The van der Waals surface area contributed by atoms with Gasteiger partial charge in [-0.25, -0.2) is 0 Å². The first-order chi connectivity index (χ1) is 8.79. The lowest BCUT2D eigenvalue weighted by atomic mass is 9.97. The molecule has 1 fully saturated rings. The number of rotatable bonds is 5. The molecule has 0 spiro atoms. The van der Waals surface area contributed by atoms with Gasteiger partial charge in [-0.1, -0.05) is 6.07 Å². The number of nitrogens with one attached hydrogen (secondary N) is 1. The lowest BCUT2D eigenvalue weighted by Gasteiger charge is -2.31. The van der Waals surface area contributed by atoms with Gasteiger partial charge in [0.05, 0.1) is 0 Å². The van der Waals surface area contributed by atoms with E-state index >= 15 is 0 Å². The summed E-state index contributed by atoms with van der Waals surface area (Å²) in [7, 11) is 2.02. The van der Waals surface area contributed by atoms with Crippen LogP contribution in [0.3, 0.4) is 0 Å². The summed E-state index contributed by atoms with van der Waals surface area (Å²) < 4.78 is 1.79. The average molecular weight is 249 g/mol. The molecule has 0 aromatic carbocycles. The van der Waals surface area contributed by atoms with E-state index in [1.807, 2.05) is 19.3 Å². The number of hydrogen-bond donors (Lipinski definition) is 1. The summed E-state index contributed by atoms with van der Waals surface area (Å²) in [6.07, 6.45) is 4.41. The fourth-order valence-electron chi connectivity index (χ4n) is 2.60. The highest BCUT2D eigenvalue weighted by molar-refractivity contribution is 4.93. The Balaban J connectivity index is 1.76. The van der Waals surface area contributed by atoms with Crippen molar-refractivity contribution in [2.75, 3.05) is 33.2 Å². The van der Waals surface area contributed by atoms with Gasteiger partial charge in [-0.05, 0) is 51.5 Å². The SMILES string of the molecule is CNCC1CCN(CCn2ccccc2=O)CC1. The molecule has 0 unspecified atom stereocenters. The smallest absolute Gasteiger partial charge is 0.250 e. The molecule has 2 heterocycles. The van der Waals surface area contributed by atoms with Crippen LogP contribution in [0.5, 0.6) is 0 Å². The highest BCUT2D eigenvalue weighted by Gasteiger charge is 2.17. The molecule has 4 heteroatoms. The Bertz CT molecular complexity index is 408. The highest BCUT2D eigenvalue weighted by Crippen LogP contribution is 2.15. The van der Waals surface area contributed by atoms with E-state index < -0.39 is 0 Å². The monoisotopic (exact) mass is 249 g/mol. The fraction of sp³-hybridized carbons (Fsp3) is 0.643. The second-order valence-corrected chi connectivity index (χ2v) is 5.07. The lowest BCUT2D eigenvalue weighted by Crippen LogP contribution is -2.39. The molecule has 1 aliphatic heterocycles. The molecular weight excluding hydrogens is 226 g/mol. The maximum Gasteiger partial charge on any atom is 0.250 e. The van der Waals surface area contributed by atoms with Crippen molar-refractivity contribution in [1.29, 1.82) is 0 Å². The summed E-state index contributed by atoms with van der Waals surface area (Å²) in [4.78, 5) is 14.0. The third-order valence-electron chi connectivity index (χ3n) is 3.76. The quantitative estimate of drug-likeness (QED) is 0.838. The molecule has 18 heavy (non-hydrogen) atoms. The van der Waals surface area contributed by atoms with Gasteiger partial charge in [0.25, 0.3) is 5.56 Å². The van der Waals surface area contributed by atoms with Gasteiger partial charge in [-0.15, -0.1) is 0 Å². The molecule has 1 saturated heterocycles. The summed E-state index contributed by atoms with van der Waals surface area (Å²) in [6, 6.07) is 5.34. The Labute approximate surface area is 109 Å². The minimum atomic E-state index is 0.0996. The van der Waals surface area contributed by atoms with E-state index in [-0.39, 0.29) is 5.56 Å².